The van der Waals surface area contributed by atoms with Gasteiger partial charge in [-0.3, -0.25) is 4.79 Å². The van der Waals surface area contributed by atoms with E-state index in [2.05, 4.69) is 5.32 Å². The Morgan fingerprint density at radius 3 is 2.48 bits per heavy atom. The van der Waals surface area contributed by atoms with Gasteiger partial charge in [-0.05, 0) is 29.8 Å². The Labute approximate surface area is 179 Å². The molecule has 2 aromatic rings. The molecule has 0 spiro atoms. The Kier molecular flexibility index (Phi) is 6.89. The molecule has 1 heterocycles. The average molecular weight is 459 g/mol. The maximum absolute atomic E-state index is 12.7. The second-order valence-corrected chi connectivity index (χ2v) is 9.12. The van der Waals surface area contributed by atoms with Crippen LogP contribution in [0.1, 0.15) is 12.5 Å². The number of anilines is 1. The minimum atomic E-state index is -3.73. The van der Waals surface area contributed by atoms with Crippen LogP contribution in [0.2, 0.25) is 10.0 Å². The summed E-state index contributed by atoms with van der Waals surface area (Å²) in [5, 5.41) is 3.31. The number of carbonyl (C=O) groups is 1. The number of sulfonamides is 1. The minimum absolute atomic E-state index is 0.151. The van der Waals surface area contributed by atoms with Crippen LogP contribution in [-0.2, 0) is 20.6 Å². The van der Waals surface area contributed by atoms with Gasteiger partial charge in [0, 0.05) is 18.3 Å². The molecule has 0 saturated carbocycles. The van der Waals surface area contributed by atoms with Gasteiger partial charge in [0.05, 0.1) is 22.3 Å². The highest BCUT2D eigenvalue weighted by molar-refractivity contribution is 7.88. The van der Waals surface area contributed by atoms with Crippen LogP contribution in [0.5, 0.6) is 11.5 Å². The predicted octanol–water partition coefficient (Wildman–Crippen LogP) is 3.56. The fourth-order valence-corrected chi connectivity index (χ4v) is 4.63. The van der Waals surface area contributed by atoms with E-state index in [1.807, 2.05) is 0 Å². The third-order valence-corrected chi connectivity index (χ3v) is 6.84. The van der Waals surface area contributed by atoms with Crippen molar-refractivity contribution < 1.29 is 22.7 Å². The van der Waals surface area contributed by atoms with Gasteiger partial charge in [0.15, 0.2) is 11.5 Å². The second-order valence-electron chi connectivity index (χ2n) is 6.34. The molecule has 10 heteroatoms. The van der Waals surface area contributed by atoms with Crippen molar-refractivity contribution in [2.24, 2.45) is 0 Å². The summed E-state index contributed by atoms with van der Waals surface area (Å²) in [7, 11) is -3.73. The van der Waals surface area contributed by atoms with Gasteiger partial charge in [0.25, 0.3) is 0 Å². The summed E-state index contributed by atoms with van der Waals surface area (Å²) < 4.78 is 37.5. The number of rotatable bonds is 7. The maximum atomic E-state index is 12.7. The van der Waals surface area contributed by atoms with E-state index in [1.54, 1.807) is 37.3 Å². The van der Waals surface area contributed by atoms with Crippen molar-refractivity contribution in [3.8, 4) is 11.5 Å². The van der Waals surface area contributed by atoms with E-state index >= 15 is 0 Å². The van der Waals surface area contributed by atoms with Gasteiger partial charge in [-0.15, -0.1) is 0 Å². The zero-order chi connectivity index (χ0) is 21.0. The molecule has 0 atom stereocenters. The molecular weight excluding hydrogens is 439 g/mol. The quantitative estimate of drug-likeness (QED) is 0.685. The number of carbonyl (C=O) groups excluding carboxylic acids is 1. The number of hydrogen-bond donors (Lipinski definition) is 1. The van der Waals surface area contributed by atoms with Gasteiger partial charge in [-0.25, -0.2) is 8.42 Å². The maximum Gasteiger partial charge on any atom is 0.239 e. The molecule has 156 valence electrons. The SMILES string of the molecule is CCN(CC(=O)Nc1ccc2c(c1)OCCO2)S(=O)(=O)Cc1ccc(Cl)c(Cl)c1. The fraction of sp³-hybridized carbons (Fsp3) is 0.316. The fourth-order valence-electron chi connectivity index (χ4n) is 2.82. The normalized spacial score (nSPS) is 13.4. The predicted molar refractivity (Wildman–Crippen MR) is 112 cm³/mol. The third-order valence-electron chi connectivity index (χ3n) is 4.23. The lowest BCUT2D eigenvalue weighted by molar-refractivity contribution is -0.116. The third kappa shape index (κ3) is 5.54. The van der Waals surface area contributed by atoms with E-state index in [0.717, 1.165) is 4.31 Å². The summed E-state index contributed by atoms with van der Waals surface area (Å²) in [6, 6.07) is 9.65. The van der Waals surface area contributed by atoms with Gasteiger partial charge in [-0.2, -0.15) is 4.31 Å². The second kappa shape index (κ2) is 9.21. The lowest BCUT2D eigenvalue weighted by Crippen LogP contribution is -2.38. The number of halogens is 2. The molecule has 1 amide bonds. The van der Waals surface area contributed by atoms with Gasteiger partial charge < -0.3 is 14.8 Å². The van der Waals surface area contributed by atoms with E-state index in [-0.39, 0.29) is 23.9 Å². The molecule has 7 nitrogen and oxygen atoms in total. The minimum Gasteiger partial charge on any atom is -0.486 e. The van der Waals surface area contributed by atoms with Gasteiger partial charge in [0.2, 0.25) is 15.9 Å². The summed E-state index contributed by atoms with van der Waals surface area (Å²) >= 11 is 11.8. The van der Waals surface area contributed by atoms with Crippen LogP contribution in [-0.4, -0.2) is 44.9 Å². The molecule has 0 fully saturated rings. The van der Waals surface area contributed by atoms with Crippen molar-refractivity contribution in [1.82, 2.24) is 4.31 Å². The first-order chi connectivity index (χ1) is 13.8. The molecule has 0 unspecified atom stereocenters. The molecule has 0 radical (unpaired) electrons. The van der Waals surface area contributed by atoms with Crippen LogP contribution in [0.3, 0.4) is 0 Å². The van der Waals surface area contributed by atoms with E-state index < -0.39 is 15.9 Å². The van der Waals surface area contributed by atoms with E-state index in [1.165, 1.54) is 6.07 Å². The molecule has 1 N–H and O–H groups in total. The van der Waals surface area contributed by atoms with Gasteiger partial charge in [0.1, 0.15) is 13.2 Å². The molecule has 2 aromatic carbocycles. The van der Waals surface area contributed by atoms with E-state index in [0.29, 0.717) is 41.0 Å². The molecule has 0 saturated heterocycles. The van der Waals surface area contributed by atoms with Crippen molar-refractivity contribution in [1.29, 1.82) is 0 Å². The summed E-state index contributed by atoms with van der Waals surface area (Å²) in [6.07, 6.45) is 0. The standard InChI is InChI=1S/C19H20Cl2N2O5S/c1-2-23(29(25,26)12-13-3-5-15(20)16(21)9-13)11-19(24)22-14-4-6-17-18(10-14)28-8-7-27-17/h3-6,9-10H,2,7-8,11-12H2,1H3,(H,22,24). The van der Waals surface area contributed by atoms with Crippen molar-refractivity contribution in [3.63, 3.8) is 0 Å². The molecule has 0 aromatic heterocycles. The van der Waals surface area contributed by atoms with Crippen molar-refractivity contribution in [3.05, 3.63) is 52.0 Å². The number of nitrogens with zero attached hydrogens (tertiary/aromatic N) is 1. The van der Waals surface area contributed by atoms with E-state index in [4.69, 9.17) is 32.7 Å². The molecule has 1 aliphatic rings. The molecule has 1 aliphatic heterocycles. The van der Waals surface area contributed by atoms with Crippen molar-refractivity contribution >= 4 is 44.8 Å². The van der Waals surface area contributed by atoms with Crippen LogP contribution in [0.4, 0.5) is 5.69 Å². The van der Waals surface area contributed by atoms with Crippen LogP contribution >= 0.6 is 23.2 Å². The topological polar surface area (TPSA) is 84.9 Å². The largest absolute Gasteiger partial charge is 0.486 e. The van der Waals surface area contributed by atoms with Crippen LogP contribution in [0.25, 0.3) is 0 Å². The highest BCUT2D eigenvalue weighted by atomic mass is 35.5. The Bertz CT molecular complexity index is 1010. The number of benzene rings is 2. The highest BCUT2D eigenvalue weighted by Crippen LogP contribution is 2.32. The number of fused-ring (bicyclic) bond motifs is 1. The number of ether oxygens (including phenoxy) is 2. The van der Waals surface area contributed by atoms with Crippen molar-refractivity contribution in [2.75, 3.05) is 31.6 Å². The number of hydrogen-bond acceptors (Lipinski definition) is 5. The van der Waals surface area contributed by atoms with Crippen LogP contribution in [0, 0.1) is 0 Å². The number of nitrogens with one attached hydrogen (secondary N) is 1. The highest BCUT2D eigenvalue weighted by Gasteiger charge is 2.24. The smallest absolute Gasteiger partial charge is 0.239 e. The average Bonchev–Trinajstić information content (AvgIpc) is 2.68. The molecule has 3 rings (SSSR count). The monoisotopic (exact) mass is 458 g/mol. The van der Waals surface area contributed by atoms with Crippen LogP contribution < -0.4 is 14.8 Å². The lowest BCUT2D eigenvalue weighted by Gasteiger charge is -2.21. The number of amides is 1. The Balaban J connectivity index is 1.66. The summed E-state index contributed by atoms with van der Waals surface area (Å²) in [5.74, 6) is 0.401. The van der Waals surface area contributed by atoms with Gasteiger partial charge in [-0.1, -0.05) is 36.2 Å². The molecule has 0 bridgehead atoms. The summed E-state index contributed by atoms with van der Waals surface area (Å²) in [6.45, 7) is 2.42. The first kappa shape index (κ1) is 21.7. The Morgan fingerprint density at radius 2 is 1.79 bits per heavy atom. The Hall–Kier alpha value is -2.00. The summed E-state index contributed by atoms with van der Waals surface area (Å²) in [5.41, 5.74) is 0.988. The summed E-state index contributed by atoms with van der Waals surface area (Å²) in [4.78, 5) is 12.4. The zero-order valence-corrected chi connectivity index (χ0v) is 18.0. The first-order valence-electron chi connectivity index (χ1n) is 8.90. The number of likely N-dealkylation sites (N-methyl/N-ethyl adjacent to an activating group) is 1. The van der Waals surface area contributed by atoms with Crippen LogP contribution in [0.15, 0.2) is 36.4 Å². The Morgan fingerprint density at radius 1 is 1.07 bits per heavy atom. The lowest BCUT2D eigenvalue weighted by atomic mass is 10.2. The first-order valence-corrected chi connectivity index (χ1v) is 11.3. The zero-order valence-electron chi connectivity index (χ0n) is 15.7. The van der Waals surface area contributed by atoms with Gasteiger partial charge >= 0.3 is 0 Å². The molecular formula is C19H20Cl2N2O5S. The van der Waals surface area contributed by atoms with Crippen molar-refractivity contribution in [2.45, 2.75) is 12.7 Å². The molecule has 0 aliphatic carbocycles. The van der Waals surface area contributed by atoms with E-state index in [9.17, 15) is 13.2 Å². The molecule has 29 heavy (non-hydrogen) atoms.